The third-order valence-corrected chi connectivity index (χ3v) is 3.65. The summed E-state index contributed by atoms with van der Waals surface area (Å²) >= 11 is 1.71. The van der Waals surface area contributed by atoms with Crippen LogP contribution in [0.4, 0.5) is 0 Å². The first kappa shape index (κ1) is 13.2. The Kier molecular flexibility index (Phi) is 4.87. The average molecular weight is 262 g/mol. The minimum atomic E-state index is 0.649. The predicted octanol–water partition coefficient (Wildman–Crippen LogP) is 3.07. The number of methoxy groups -OCH3 is 1. The summed E-state index contributed by atoms with van der Waals surface area (Å²) in [5.41, 5.74) is 7.86. The van der Waals surface area contributed by atoms with Crippen LogP contribution in [0.25, 0.3) is 16.3 Å². The van der Waals surface area contributed by atoms with Gasteiger partial charge in [-0.2, -0.15) is 0 Å². The predicted molar refractivity (Wildman–Crippen MR) is 77.8 cm³/mol. The van der Waals surface area contributed by atoms with E-state index in [1.807, 2.05) is 18.2 Å². The summed E-state index contributed by atoms with van der Waals surface area (Å²) in [5, 5.41) is 1.04. The summed E-state index contributed by atoms with van der Waals surface area (Å²) in [5.74, 6) is 0. The maximum Gasteiger partial charge on any atom is 0.117 e. The zero-order valence-corrected chi connectivity index (χ0v) is 11.4. The summed E-state index contributed by atoms with van der Waals surface area (Å²) in [6.07, 6.45) is 4.09. The van der Waals surface area contributed by atoms with Gasteiger partial charge >= 0.3 is 0 Å². The topological polar surface area (TPSA) is 48.1 Å². The van der Waals surface area contributed by atoms with Gasteiger partial charge in [0.05, 0.1) is 16.8 Å². The van der Waals surface area contributed by atoms with E-state index in [2.05, 4.69) is 17.1 Å². The number of nitrogens with two attached hydrogens (primary N) is 1. The quantitative estimate of drug-likeness (QED) is 0.870. The lowest BCUT2D eigenvalue weighted by molar-refractivity contribution is 0.223. The lowest BCUT2D eigenvalue weighted by atomic mass is 10.1. The normalized spacial score (nSPS) is 12.2. The van der Waals surface area contributed by atoms with Crippen LogP contribution < -0.4 is 5.73 Å². The zero-order valence-electron chi connectivity index (χ0n) is 10.6. The van der Waals surface area contributed by atoms with Crippen molar-refractivity contribution in [1.82, 2.24) is 4.98 Å². The number of hydrogen-bond acceptors (Lipinski definition) is 4. The summed E-state index contributed by atoms with van der Waals surface area (Å²) in [4.78, 5) is 4.60. The van der Waals surface area contributed by atoms with Crippen molar-refractivity contribution in [2.75, 3.05) is 20.3 Å². The lowest BCUT2D eigenvalue weighted by Gasteiger charge is -2.04. The number of rotatable bonds is 6. The second-order valence-electron chi connectivity index (χ2n) is 4.15. The Bertz CT molecular complexity index is 500. The van der Waals surface area contributed by atoms with Gasteiger partial charge in [0.1, 0.15) is 5.01 Å². The number of para-hydroxylation sites is 1. The summed E-state index contributed by atoms with van der Waals surface area (Å²) in [6.45, 7) is 1.36. The third kappa shape index (κ3) is 3.38. The maximum absolute atomic E-state index is 5.55. The highest BCUT2D eigenvalue weighted by Gasteiger charge is 2.03. The molecule has 0 radical (unpaired) electrons. The van der Waals surface area contributed by atoms with Gasteiger partial charge in [0.25, 0.3) is 0 Å². The number of ether oxygens (including phenoxy) is 1. The zero-order chi connectivity index (χ0) is 12.8. The second kappa shape index (κ2) is 6.64. The molecule has 0 atom stereocenters. The molecule has 0 aliphatic rings. The molecule has 4 heteroatoms. The molecule has 18 heavy (non-hydrogen) atoms. The molecule has 0 unspecified atom stereocenters. The largest absolute Gasteiger partial charge is 0.380 e. The SMILES string of the molecule is COC/C(=C/c1nc2ccccc2s1)CCCN. The molecule has 0 saturated carbocycles. The molecule has 0 spiro atoms. The molecule has 1 aromatic heterocycles. The first-order valence-electron chi connectivity index (χ1n) is 6.07. The fraction of sp³-hybridized carbons (Fsp3) is 0.357. The monoisotopic (exact) mass is 262 g/mol. The molecule has 1 heterocycles. The van der Waals surface area contributed by atoms with Crippen LogP contribution in [0.5, 0.6) is 0 Å². The molecule has 0 saturated heterocycles. The smallest absolute Gasteiger partial charge is 0.117 e. The molecule has 0 aliphatic carbocycles. The summed E-state index contributed by atoms with van der Waals surface area (Å²) < 4.78 is 6.44. The molecular weight excluding hydrogens is 244 g/mol. The van der Waals surface area contributed by atoms with Gasteiger partial charge in [0, 0.05) is 7.11 Å². The van der Waals surface area contributed by atoms with Crippen LogP contribution in [0.3, 0.4) is 0 Å². The van der Waals surface area contributed by atoms with Crippen molar-refractivity contribution >= 4 is 27.6 Å². The molecule has 0 bridgehead atoms. The fourth-order valence-electron chi connectivity index (χ4n) is 1.83. The van der Waals surface area contributed by atoms with E-state index < -0.39 is 0 Å². The molecule has 0 amide bonds. The van der Waals surface area contributed by atoms with Gasteiger partial charge in [-0.05, 0) is 43.2 Å². The minimum absolute atomic E-state index is 0.649. The summed E-state index contributed by atoms with van der Waals surface area (Å²) in [7, 11) is 1.72. The second-order valence-corrected chi connectivity index (χ2v) is 5.21. The van der Waals surface area contributed by atoms with Gasteiger partial charge in [-0.15, -0.1) is 11.3 Å². The van der Waals surface area contributed by atoms with E-state index in [9.17, 15) is 0 Å². The van der Waals surface area contributed by atoms with Crippen LogP contribution in [0.2, 0.25) is 0 Å². The Balaban J connectivity index is 2.21. The maximum atomic E-state index is 5.55. The molecule has 2 aromatic rings. The van der Waals surface area contributed by atoms with Crippen LogP contribution in [0.1, 0.15) is 17.8 Å². The van der Waals surface area contributed by atoms with Crippen molar-refractivity contribution in [2.24, 2.45) is 5.73 Å². The highest BCUT2D eigenvalue weighted by Crippen LogP contribution is 2.24. The molecule has 0 aliphatic heterocycles. The van der Waals surface area contributed by atoms with Crippen molar-refractivity contribution in [3.8, 4) is 0 Å². The number of thiazole rings is 1. The highest BCUT2D eigenvalue weighted by molar-refractivity contribution is 7.19. The Hall–Kier alpha value is -1.23. The van der Waals surface area contributed by atoms with E-state index in [-0.39, 0.29) is 0 Å². The molecule has 1 aromatic carbocycles. The van der Waals surface area contributed by atoms with Crippen LogP contribution in [0.15, 0.2) is 29.8 Å². The number of nitrogens with zero attached hydrogens (tertiary/aromatic N) is 1. The average Bonchev–Trinajstić information content (AvgIpc) is 2.78. The number of benzene rings is 1. The van der Waals surface area contributed by atoms with E-state index in [0.717, 1.165) is 23.4 Å². The third-order valence-electron chi connectivity index (χ3n) is 2.67. The molecule has 2 rings (SSSR count). The first-order valence-corrected chi connectivity index (χ1v) is 6.89. The van der Waals surface area contributed by atoms with Gasteiger partial charge < -0.3 is 10.5 Å². The number of aromatic nitrogens is 1. The molecular formula is C14H18N2OS. The molecule has 0 fully saturated rings. The first-order chi connectivity index (χ1) is 8.83. The highest BCUT2D eigenvalue weighted by atomic mass is 32.1. The number of fused-ring (bicyclic) bond motifs is 1. The van der Waals surface area contributed by atoms with Gasteiger partial charge in [-0.1, -0.05) is 12.1 Å². The molecule has 3 nitrogen and oxygen atoms in total. The fourth-order valence-corrected chi connectivity index (χ4v) is 2.79. The Morgan fingerprint density at radius 1 is 1.44 bits per heavy atom. The van der Waals surface area contributed by atoms with Crippen molar-refractivity contribution in [2.45, 2.75) is 12.8 Å². The molecule has 96 valence electrons. The Morgan fingerprint density at radius 2 is 2.28 bits per heavy atom. The van der Waals surface area contributed by atoms with Gasteiger partial charge in [-0.3, -0.25) is 0 Å². The van der Waals surface area contributed by atoms with E-state index in [1.165, 1.54) is 10.3 Å². The van der Waals surface area contributed by atoms with Crippen molar-refractivity contribution < 1.29 is 4.74 Å². The van der Waals surface area contributed by atoms with E-state index >= 15 is 0 Å². The Morgan fingerprint density at radius 3 is 3.00 bits per heavy atom. The van der Waals surface area contributed by atoms with Crippen molar-refractivity contribution in [3.63, 3.8) is 0 Å². The van der Waals surface area contributed by atoms with Crippen LogP contribution in [-0.4, -0.2) is 25.2 Å². The minimum Gasteiger partial charge on any atom is -0.380 e. The van der Waals surface area contributed by atoms with E-state index in [0.29, 0.717) is 13.2 Å². The van der Waals surface area contributed by atoms with Crippen LogP contribution in [0, 0.1) is 0 Å². The van der Waals surface area contributed by atoms with E-state index in [4.69, 9.17) is 10.5 Å². The number of hydrogen-bond donors (Lipinski definition) is 1. The van der Waals surface area contributed by atoms with Crippen molar-refractivity contribution in [3.05, 3.63) is 34.8 Å². The molecule has 2 N–H and O–H groups in total. The summed E-state index contributed by atoms with van der Waals surface area (Å²) in [6, 6.07) is 8.19. The van der Waals surface area contributed by atoms with Crippen molar-refractivity contribution in [1.29, 1.82) is 0 Å². The Labute approximate surface area is 111 Å². The van der Waals surface area contributed by atoms with Gasteiger partial charge in [0.15, 0.2) is 0 Å². The van der Waals surface area contributed by atoms with Crippen LogP contribution >= 0.6 is 11.3 Å². The van der Waals surface area contributed by atoms with Gasteiger partial charge in [-0.25, -0.2) is 4.98 Å². The lowest BCUT2D eigenvalue weighted by Crippen LogP contribution is -2.01. The van der Waals surface area contributed by atoms with Gasteiger partial charge in [0.2, 0.25) is 0 Å². The standard InChI is InChI=1S/C14H18N2OS/c1-17-10-11(5-4-8-15)9-14-16-12-6-2-3-7-13(12)18-14/h2-3,6-7,9H,4-5,8,10,15H2,1H3/b11-9+. The van der Waals surface area contributed by atoms with E-state index in [1.54, 1.807) is 18.4 Å². The van der Waals surface area contributed by atoms with Crippen LogP contribution in [-0.2, 0) is 4.74 Å².